The van der Waals surface area contributed by atoms with E-state index in [0.29, 0.717) is 18.9 Å². The average molecular weight is 289 g/mol. The van der Waals surface area contributed by atoms with Gasteiger partial charge < -0.3 is 16.0 Å². The van der Waals surface area contributed by atoms with E-state index in [1.54, 1.807) is 0 Å². The van der Waals surface area contributed by atoms with Crippen LogP contribution in [0.1, 0.15) is 39.0 Å². The Balaban J connectivity index is 1.91. The smallest absolute Gasteiger partial charge is 0.224 e. The van der Waals surface area contributed by atoms with E-state index in [9.17, 15) is 4.79 Å². The molecule has 0 bridgehead atoms. The summed E-state index contributed by atoms with van der Waals surface area (Å²) in [5.74, 6) is 0.611. The molecule has 0 aromatic heterocycles. The molecular weight excluding hydrogens is 262 g/mol. The second-order valence-electron chi connectivity index (χ2n) is 5.98. The molecule has 1 aromatic carbocycles. The first-order valence-electron chi connectivity index (χ1n) is 8.04. The molecule has 4 nitrogen and oxygen atoms in total. The third-order valence-electron chi connectivity index (χ3n) is 4.15. The number of nitrogens with two attached hydrogens (primary N) is 1. The number of amides is 1. The van der Waals surface area contributed by atoms with Crippen LogP contribution in [-0.2, 0) is 4.79 Å². The summed E-state index contributed by atoms with van der Waals surface area (Å²) in [4.78, 5) is 14.5. The van der Waals surface area contributed by atoms with Crippen LogP contribution in [0.15, 0.2) is 24.3 Å². The topological polar surface area (TPSA) is 58.4 Å². The maximum atomic E-state index is 12.1. The number of nitrogens with zero attached hydrogens (tertiary/aromatic N) is 1. The summed E-state index contributed by atoms with van der Waals surface area (Å²) >= 11 is 0. The molecule has 4 heteroatoms. The molecule has 1 saturated heterocycles. The number of para-hydroxylation sites is 2. The van der Waals surface area contributed by atoms with Crippen LogP contribution in [0.3, 0.4) is 0 Å². The van der Waals surface area contributed by atoms with Crippen LogP contribution in [-0.4, -0.2) is 25.5 Å². The van der Waals surface area contributed by atoms with Gasteiger partial charge in [0.2, 0.25) is 5.91 Å². The minimum Gasteiger partial charge on any atom is -0.370 e. The highest BCUT2D eigenvalue weighted by atomic mass is 16.1. The van der Waals surface area contributed by atoms with Crippen LogP contribution >= 0.6 is 0 Å². The molecule has 2 rings (SSSR count). The molecule has 0 aliphatic carbocycles. The van der Waals surface area contributed by atoms with Crippen molar-refractivity contribution in [1.82, 2.24) is 0 Å². The first kappa shape index (κ1) is 15.8. The van der Waals surface area contributed by atoms with Crippen LogP contribution in [0.5, 0.6) is 0 Å². The van der Waals surface area contributed by atoms with Gasteiger partial charge in [0, 0.05) is 19.5 Å². The molecule has 3 N–H and O–H groups in total. The van der Waals surface area contributed by atoms with Crippen molar-refractivity contribution in [2.24, 2.45) is 11.7 Å². The molecule has 1 amide bonds. The van der Waals surface area contributed by atoms with E-state index in [4.69, 9.17) is 5.73 Å². The van der Waals surface area contributed by atoms with E-state index in [-0.39, 0.29) is 5.91 Å². The first-order valence-corrected chi connectivity index (χ1v) is 8.04. The molecule has 116 valence electrons. The van der Waals surface area contributed by atoms with Gasteiger partial charge in [0.15, 0.2) is 0 Å². The predicted octanol–water partition coefficient (Wildman–Crippen LogP) is 2.99. The van der Waals surface area contributed by atoms with Crippen LogP contribution < -0.4 is 16.0 Å². The molecular formula is C17H27N3O. The summed E-state index contributed by atoms with van der Waals surface area (Å²) in [6.07, 6.45) is 4.92. The lowest BCUT2D eigenvalue weighted by molar-refractivity contribution is -0.116. The summed E-state index contributed by atoms with van der Waals surface area (Å²) < 4.78 is 0. The van der Waals surface area contributed by atoms with Crippen LogP contribution in [0.4, 0.5) is 11.4 Å². The number of anilines is 2. The summed E-state index contributed by atoms with van der Waals surface area (Å²) in [5, 5.41) is 3.07. The van der Waals surface area contributed by atoms with Crippen molar-refractivity contribution in [2.45, 2.75) is 39.0 Å². The Hall–Kier alpha value is -1.55. The summed E-state index contributed by atoms with van der Waals surface area (Å²) in [7, 11) is 0. The molecule has 1 aliphatic rings. The van der Waals surface area contributed by atoms with Crippen molar-refractivity contribution < 1.29 is 4.79 Å². The number of rotatable bonds is 7. The number of carbonyl (C=O) groups is 1. The van der Waals surface area contributed by atoms with Gasteiger partial charge in [-0.3, -0.25) is 4.79 Å². The maximum Gasteiger partial charge on any atom is 0.224 e. The monoisotopic (exact) mass is 289 g/mol. The number of hydrogen-bond acceptors (Lipinski definition) is 3. The quantitative estimate of drug-likeness (QED) is 0.811. The molecule has 1 aliphatic heterocycles. The zero-order valence-corrected chi connectivity index (χ0v) is 13.0. The number of hydrogen-bond donors (Lipinski definition) is 2. The van der Waals surface area contributed by atoms with Crippen molar-refractivity contribution in [3.63, 3.8) is 0 Å². The van der Waals surface area contributed by atoms with Crippen LogP contribution in [0, 0.1) is 5.92 Å². The standard InChI is InChI=1S/C17H27N3O/c1-14(10-11-18)8-9-17(21)19-15-6-2-3-7-16(15)20-12-4-5-13-20/h2-3,6-7,14H,4-5,8-13,18H2,1H3,(H,19,21). The van der Waals surface area contributed by atoms with Gasteiger partial charge in [-0.05, 0) is 50.3 Å². The van der Waals surface area contributed by atoms with Gasteiger partial charge >= 0.3 is 0 Å². The summed E-state index contributed by atoms with van der Waals surface area (Å²) in [6, 6.07) is 8.10. The Morgan fingerprint density at radius 3 is 2.71 bits per heavy atom. The van der Waals surface area contributed by atoms with Crippen molar-refractivity contribution >= 4 is 17.3 Å². The van der Waals surface area contributed by atoms with Crippen molar-refractivity contribution in [3.8, 4) is 0 Å². The molecule has 1 unspecified atom stereocenters. The fourth-order valence-corrected chi connectivity index (χ4v) is 2.83. The lowest BCUT2D eigenvalue weighted by Gasteiger charge is -2.21. The fourth-order valence-electron chi connectivity index (χ4n) is 2.83. The largest absolute Gasteiger partial charge is 0.370 e. The lowest BCUT2D eigenvalue weighted by atomic mass is 10.0. The van der Waals surface area contributed by atoms with Crippen LogP contribution in [0.2, 0.25) is 0 Å². The Bertz CT molecular complexity index is 455. The Labute approximate surface area is 127 Å². The van der Waals surface area contributed by atoms with Gasteiger partial charge in [-0.25, -0.2) is 0 Å². The van der Waals surface area contributed by atoms with E-state index in [1.165, 1.54) is 12.8 Å². The van der Waals surface area contributed by atoms with Crippen molar-refractivity contribution in [2.75, 3.05) is 29.9 Å². The maximum absolute atomic E-state index is 12.1. The molecule has 1 heterocycles. The van der Waals surface area contributed by atoms with Gasteiger partial charge in [-0.1, -0.05) is 19.1 Å². The predicted molar refractivity (Wildman–Crippen MR) is 88.6 cm³/mol. The van der Waals surface area contributed by atoms with Crippen molar-refractivity contribution in [1.29, 1.82) is 0 Å². The molecule has 1 atom stereocenters. The molecule has 0 radical (unpaired) electrons. The van der Waals surface area contributed by atoms with Gasteiger partial charge in [0.1, 0.15) is 0 Å². The zero-order chi connectivity index (χ0) is 15.1. The molecule has 1 fully saturated rings. The van der Waals surface area contributed by atoms with Gasteiger partial charge in [-0.2, -0.15) is 0 Å². The molecule has 0 spiro atoms. The highest BCUT2D eigenvalue weighted by Crippen LogP contribution is 2.28. The molecule has 21 heavy (non-hydrogen) atoms. The average Bonchev–Trinajstić information content (AvgIpc) is 3.00. The SMILES string of the molecule is CC(CCN)CCC(=O)Nc1ccccc1N1CCCC1. The molecule has 0 saturated carbocycles. The van der Waals surface area contributed by atoms with Crippen molar-refractivity contribution in [3.05, 3.63) is 24.3 Å². The lowest BCUT2D eigenvalue weighted by Crippen LogP contribution is -2.21. The number of nitrogens with one attached hydrogen (secondary N) is 1. The fraction of sp³-hybridized carbons (Fsp3) is 0.588. The Morgan fingerprint density at radius 1 is 1.29 bits per heavy atom. The van der Waals surface area contributed by atoms with Gasteiger partial charge in [0.05, 0.1) is 11.4 Å². The highest BCUT2D eigenvalue weighted by Gasteiger charge is 2.16. The van der Waals surface area contributed by atoms with Crippen LogP contribution in [0.25, 0.3) is 0 Å². The Morgan fingerprint density at radius 2 is 2.00 bits per heavy atom. The van der Waals surface area contributed by atoms with E-state index < -0.39 is 0 Å². The summed E-state index contributed by atoms with van der Waals surface area (Å²) in [5.41, 5.74) is 7.63. The second-order valence-corrected chi connectivity index (χ2v) is 5.98. The van der Waals surface area contributed by atoms with E-state index in [1.807, 2.05) is 18.2 Å². The minimum absolute atomic E-state index is 0.102. The highest BCUT2D eigenvalue weighted by molar-refractivity contribution is 5.94. The summed E-state index contributed by atoms with van der Waals surface area (Å²) in [6.45, 7) is 5.01. The van der Waals surface area contributed by atoms with E-state index in [0.717, 1.165) is 37.3 Å². The van der Waals surface area contributed by atoms with Gasteiger partial charge in [0.25, 0.3) is 0 Å². The zero-order valence-electron chi connectivity index (χ0n) is 13.0. The third-order valence-corrected chi connectivity index (χ3v) is 4.15. The number of carbonyl (C=O) groups excluding carboxylic acids is 1. The third kappa shape index (κ3) is 4.74. The Kier molecular flexibility index (Phi) is 6.05. The minimum atomic E-state index is 0.102. The van der Waals surface area contributed by atoms with E-state index in [2.05, 4.69) is 23.2 Å². The van der Waals surface area contributed by atoms with E-state index >= 15 is 0 Å². The van der Waals surface area contributed by atoms with Gasteiger partial charge in [-0.15, -0.1) is 0 Å². The second kappa shape index (κ2) is 8.03. The first-order chi connectivity index (χ1) is 10.2. The normalized spacial score (nSPS) is 16.0. The molecule has 1 aromatic rings. The number of benzene rings is 1.